The maximum Gasteiger partial charge on any atom is 0.152 e. The number of hydrogen-bond acceptors (Lipinski definition) is 7. The molecule has 0 fully saturated rings. The first-order chi connectivity index (χ1) is 19.6. The molecule has 5 rings (SSSR count). The number of tetrazole rings is 1. The van der Waals surface area contributed by atoms with E-state index in [9.17, 15) is 5.26 Å². The maximum atomic E-state index is 9.81. The highest BCUT2D eigenvalue weighted by molar-refractivity contribution is 7.20. The predicted molar refractivity (Wildman–Crippen MR) is 155 cm³/mol. The summed E-state index contributed by atoms with van der Waals surface area (Å²) in [5, 5.41) is 31.7. The van der Waals surface area contributed by atoms with E-state index >= 15 is 0 Å². The Hall–Kier alpha value is -4.97. The second-order valence-corrected chi connectivity index (χ2v) is 10.4. The summed E-state index contributed by atoms with van der Waals surface area (Å²) in [6, 6.07) is 26.9. The molecule has 0 aliphatic carbocycles. The number of aryl methyl sites for hydroxylation is 2. The largest absolute Gasteiger partial charge is 0.489 e. The average Bonchev–Trinajstić information content (AvgIpc) is 3.58. The summed E-state index contributed by atoms with van der Waals surface area (Å²) in [7, 11) is 0. The van der Waals surface area contributed by atoms with Gasteiger partial charge in [0.1, 0.15) is 23.3 Å². The number of thiophene rings is 1. The summed E-state index contributed by atoms with van der Waals surface area (Å²) in [6.45, 7) is 4.76. The molecule has 0 radical (unpaired) electrons. The van der Waals surface area contributed by atoms with E-state index in [1.807, 2.05) is 43.3 Å². The second-order valence-electron chi connectivity index (χ2n) is 9.30. The van der Waals surface area contributed by atoms with Crippen molar-refractivity contribution in [2.45, 2.75) is 45.8 Å². The van der Waals surface area contributed by atoms with Crippen molar-refractivity contribution < 1.29 is 4.74 Å². The van der Waals surface area contributed by atoms with Crippen LogP contribution in [0.15, 0.2) is 66.7 Å². The van der Waals surface area contributed by atoms with Crippen LogP contribution in [-0.4, -0.2) is 20.2 Å². The van der Waals surface area contributed by atoms with Crippen LogP contribution in [0.5, 0.6) is 5.75 Å². The highest BCUT2D eigenvalue weighted by Crippen LogP contribution is 2.40. The molecule has 2 heterocycles. The molecular formula is C32H26N6OS. The zero-order chi connectivity index (χ0) is 27.9. The average molecular weight is 543 g/mol. The Morgan fingerprint density at radius 2 is 1.88 bits per heavy atom. The molecule has 0 saturated heterocycles. The lowest BCUT2D eigenvalue weighted by Crippen LogP contribution is -2.10. The minimum atomic E-state index is -0.0823. The molecule has 7 nitrogen and oxygen atoms in total. The van der Waals surface area contributed by atoms with Gasteiger partial charge in [0.2, 0.25) is 0 Å². The standard InChI is InChI=1S/C32H26N6OS/c1-3-7-25(19-31-35-36-37-38(31)17-6-16-33)24-11-13-26(14-12-24)39-21-23-10-15-29-28(18-23)32(30(20-34)40-29)27-9-5-4-8-22(27)2/h4-5,8-15,18,25H,6,17,19,21H2,1-2H3. The van der Waals surface area contributed by atoms with Gasteiger partial charge in [-0.15, -0.1) is 22.4 Å². The Morgan fingerprint density at radius 1 is 1.05 bits per heavy atom. The monoisotopic (exact) mass is 542 g/mol. The number of ether oxygens (including phenoxy) is 1. The number of fused-ring (bicyclic) bond motifs is 1. The Labute approximate surface area is 237 Å². The van der Waals surface area contributed by atoms with Gasteiger partial charge in [-0.05, 0) is 70.8 Å². The van der Waals surface area contributed by atoms with Crippen LogP contribution in [0.25, 0.3) is 21.2 Å². The molecule has 0 bridgehead atoms. The predicted octanol–water partition coefficient (Wildman–Crippen LogP) is 6.58. The van der Waals surface area contributed by atoms with E-state index in [1.165, 1.54) is 11.3 Å². The molecule has 0 aliphatic rings. The summed E-state index contributed by atoms with van der Waals surface area (Å²) in [5.41, 5.74) is 5.30. The van der Waals surface area contributed by atoms with E-state index in [0.717, 1.165) is 48.5 Å². The van der Waals surface area contributed by atoms with Crippen molar-refractivity contribution >= 4 is 21.4 Å². The highest BCUT2D eigenvalue weighted by Gasteiger charge is 2.17. The first-order valence-electron chi connectivity index (χ1n) is 12.9. The molecule has 0 saturated carbocycles. The van der Waals surface area contributed by atoms with Crippen LogP contribution in [-0.2, 0) is 19.6 Å². The van der Waals surface area contributed by atoms with Crippen LogP contribution in [0.2, 0.25) is 0 Å². The second kappa shape index (κ2) is 12.3. The lowest BCUT2D eigenvalue weighted by atomic mass is 9.95. The Balaban J connectivity index is 1.32. The normalized spacial score (nSPS) is 11.3. The van der Waals surface area contributed by atoms with E-state index in [-0.39, 0.29) is 5.92 Å². The molecule has 0 amide bonds. The minimum absolute atomic E-state index is 0.0823. The molecule has 40 heavy (non-hydrogen) atoms. The molecule has 3 aromatic carbocycles. The van der Waals surface area contributed by atoms with E-state index in [1.54, 1.807) is 4.68 Å². The molecule has 8 heteroatoms. The smallest absolute Gasteiger partial charge is 0.152 e. The third kappa shape index (κ3) is 5.71. The molecule has 0 aliphatic heterocycles. The summed E-state index contributed by atoms with van der Waals surface area (Å²) < 4.78 is 8.90. The summed E-state index contributed by atoms with van der Waals surface area (Å²) in [6.07, 6.45) is 0.897. The fraction of sp³-hybridized carbons (Fsp3) is 0.219. The van der Waals surface area contributed by atoms with Crippen LogP contribution >= 0.6 is 11.3 Å². The minimum Gasteiger partial charge on any atom is -0.489 e. The van der Waals surface area contributed by atoms with Gasteiger partial charge in [0.25, 0.3) is 0 Å². The first-order valence-corrected chi connectivity index (χ1v) is 13.7. The van der Waals surface area contributed by atoms with E-state index < -0.39 is 0 Å². The van der Waals surface area contributed by atoms with Gasteiger partial charge >= 0.3 is 0 Å². The third-order valence-electron chi connectivity index (χ3n) is 6.70. The van der Waals surface area contributed by atoms with Crippen molar-refractivity contribution in [3.8, 4) is 40.9 Å². The summed E-state index contributed by atoms with van der Waals surface area (Å²) in [4.78, 5) is 0.724. The highest BCUT2D eigenvalue weighted by atomic mass is 32.1. The molecule has 196 valence electrons. The Bertz CT molecular complexity index is 1790. The topological polar surface area (TPSA) is 100 Å². The van der Waals surface area contributed by atoms with Gasteiger partial charge in [0, 0.05) is 22.1 Å². The van der Waals surface area contributed by atoms with Crippen LogP contribution in [0, 0.1) is 41.4 Å². The zero-order valence-corrected chi connectivity index (χ0v) is 23.1. The number of hydrogen-bond donors (Lipinski definition) is 0. The van der Waals surface area contributed by atoms with Crippen LogP contribution < -0.4 is 4.74 Å². The van der Waals surface area contributed by atoms with E-state index in [0.29, 0.717) is 31.8 Å². The van der Waals surface area contributed by atoms with E-state index in [2.05, 4.69) is 76.8 Å². The fourth-order valence-electron chi connectivity index (χ4n) is 4.71. The van der Waals surface area contributed by atoms with Crippen molar-refractivity contribution in [2.24, 2.45) is 0 Å². The van der Waals surface area contributed by atoms with Crippen molar-refractivity contribution in [1.82, 2.24) is 20.2 Å². The van der Waals surface area contributed by atoms with Gasteiger partial charge in [-0.3, -0.25) is 0 Å². The third-order valence-corrected chi connectivity index (χ3v) is 7.78. The number of rotatable bonds is 9. The lowest BCUT2D eigenvalue weighted by molar-refractivity contribution is 0.306. The zero-order valence-electron chi connectivity index (χ0n) is 22.3. The fourth-order valence-corrected chi connectivity index (χ4v) is 5.70. The van der Waals surface area contributed by atoms with Crippen LogP contribution in [0.4, 0.5) is 0 Å². The van der Waals surface area contributed by atoms with Crippen LogP contribution in [0.1, 0.15) is 46.7 Å². The lowest BCUT2D eigenvalue weighted by Gasteiger charge is -2.13. The SMILES string of the molecule is CC#CC(Cc1nnnn1CCC#N)c1ccc(OCc2ccc3sc(C#N)c(-c4ccccc4C)c3c2)cc1. The summed E-state index contributed by atoms with van der Waals surface area (Å²) in [5.74, 6) is 7.65. The number of nitriles is 2. The molecular weight excluding hydrogens is 516 g/mol. The van der Waals surface area contributed by atoms with Gasteiger partial charge in [0.15, 0.2) is 5.82 Å². The van der Waals surface area contributed by atoms with Crippen molar-refractivity contribution in [3.63, 3.8) is 0 Å². The molecule has 5 aromatic rings. The molecule has 1 atom stereocenters. The summed E-state index contributed by atoms with van der Waals surface area (Å²) >= 11 is 1.52. The number of benzene rings is 3. The Morgan fingerprint density at radius 3 is 2.62 bits per heavy atom. The van der Waals surface area contributed by atoms with Gasteiger partial charge in [-0.25, -0.2) is 4.68 Å². The van der Waals surface area contributed by atoms with Gasteiger partial charge in [-0.1, -0.05) is 48.4 Å². The number of nitrogens with zero attached hydrogens (tertiary/aromatic N) is 6. The molecule has 0 spiro atoms. The van der Waals surface area contributed by atoms with Crippen molar-refractivity contribution in [1.29, 1.82) is 10.5 Å². The molecule has 2 aromatic heterocycles. The van der Waals surface area contributed by atoms with Crippen molar-refractivity contribution in [3.05, 3.63) is 94.1 Å². The number of aromatic nitrogens is 4. The van der Waals surface area contributed by atoms with Gasteiger partial charge < -0.3 is 4.74 Å². The maximum absolute atomic E-state index is 9.81. The van der Waals surface area contributed by atoms with Gasteiger partial charge in [-0.2, -0.15) is 10.5 Å². The van der Waals surface area contributed by atoms with E-state index in [4.69, 9.17) is 10.00 Å². The molecule has 0 N–H and O–H groups in total. The van der Waals surface area contributed by atoms with Crippen LogP contribution in [0.3, 0.4) is 0 Å². The van der Waals surface area contributed by atoms with Gasteiger partial charge in [0.05, 0.1) is 25.0 Å². The molecule has 1 unspecified atom stereocenters. The quantitative estimate of drug-likeness (QED) is 0.195. The first kappa shape index (κ1) is 26.6. The Kier molecular flexibility index (Phi) is 8.16. The van der Waals surface area contributed by atoms with Crippen molar-refractivity contribution in [2.75, 3.05) is 0 Å².